The van der Waals surface area contributed by atoms with Gasteiger partial charge in [0.15, 0.2) is 5.82 Å². The topological polar surface area (TPSA) is 103 Å². The Morgan fingerprint density at radius 3 is 2.29 bits per heavy atom. The monoisotopic (exact) mass is 521 g/mol. The minimum absolute atomic E-state index is 0.0426. The molecule has 2 aromatic rings. The molecule has 1 saturated heterocycles. The number of aromatic nitrogens is 3. The highest BCUT2D eigenvalue weighted by molar-refractivity contribution is 8.45. The number of hydrogen-bond donors (Lipinski definition) is 1. The lowest BCUT2D eigenvalue weighted by Gasteiger charge is -2.40. The summed E-state index contributed by atoms with van der Waals surface area (Å²) in [4.78, 5) is 24.9. The van der Waals surface area contributed by atoms with Gasteiger partial charge in [0.25, 0.3) is 11.8 Å². The van der Waals surface area contributed by atoms with Crippen LogP contribution in [0, 0.1) is 5.41 Å². The van der Waals surface area contributed by atoms with Crippen LogP contribution in [0.25, 0.3) is 17.6 Å². The van der Waals surface area contributed by atoms with Gasteiger partial charge in [0.1, 0.15) is 11.2 Å². The summed E-state index contributed by atoms with van der Waals surface area (Å²) in [7, 11) is -10.5. The van der Waals surface area contributed by atoms with Crippen LogP contribution in [-0.4, -0.2) is 44.8 Å². The van der Waals surface area contributed by atoms with Gasteiger partial charge in [-0.05, 0) is 25.1 Å². The van der Waals surface area contributed by atoms with Crippen molar-refractivity contribution in [1.82, 2.24) is 19.8 Å². The van der Waals surface area contributed by atoms with E-state index in [4.69, 9.17) is 10.6 Å². The predicted molar refractivity (Wildman–Crippen MR) is 102 cm³/mol. The average molecular weight is 521 g/mol. The van der Waals surface area contributed by atoms with Gasteiger partial charge in [0.2, 0.25) is 0 Å². The fourth-order valence-corrected chi connectivity index (χ4v) is 3.44. The van der Waals surface area contributed by atoms with Gasteiger partial charge in [-0.2, -0.15) is 13.2 Å². The van der Waals surface area contributed by atoms with E-state index < -0.39 is 61.5 Å². The van der Waals surface area contributed by atoms with E-state index in [0.717, 1.165) is 18.6 Å². The molecule has 1 aliphatic rings. The molecule has 0 aliphatic carbocycles. The molecule has 0 unspecified atom stereocenters. The molecule has 2 heterocycles. The van der Waals surface area contributed by atoms with Crippen molar-refractivity contribution < 1.29 is 46.9 Å². The van der Waals surface area contributed by atoms with Crippen molar-refractivity contribution in [1.29, 1.82) is 0 Å². The Kier molecular flexibility index (Phi) is 5.43. The average Bonchev–Trinajstić information content (AvgIpc) is 3.15. The van der Waals surface area contributed by atoms with Crippen molar-refractivity contribution in [3.63, 3.8) is 0 Å². The smallest absolute Gasteiger partial charge is 0.379 e. The van der Waals surface area contributed by atoms with Crippen molar-refractivity contribution in [3.05, 3.63) is 36.2 Å². The maximum atomic E-state index is 13.2. The Balaban J connectivity index is 1.90. The summed E-state index contributed by atoms with van der Waals surface area (Å²) >= 11 is 0. The van der Waals surface area contributed by atoms with E-state index in [9.17, 15) is 42.2 Å². The van der Waals surface area contributed by atoms with Crippen molar-refractivity contribution >= 4 is 28.2 Å². The van der Waals surface area contributed by atoms with Crippen LogP contribution in [0.1, 0.15) is 12.5 Å². The largest absolute Gasteiger partial charge is 0.416 e. The molecule has 1 aliphatic heterocycles. The van der Waals surface area contributed by atoms with Crippen molar-refractivity contribution in [3.8, 4) is 11.4 Å². The van der Waals surface area contributed by atoms with Crippen LogP contribution in [0.15, 0.2) is 35.5 Å². The molecule has 2 N–H and O–H groups in total. The highest BCUT2D eigenvalue weighted by Gasteiger charge is 2.66. The van der Waals surface area contributed by atoms with Crippen LogP contribution in [0.2, 0.25) is 0 Å². The Hall–Kier alpha value is -3.05. The molecule has 0 saturated carbocycles. The lowest BCUT2D eigenvalue weighted by molar-refractivity contribution is -0.171. The lowest BCUT2D eigenvalue weighted by Crippen LogP contribution is -2.57. The molecule has 0 radical (unpaired) electrons. The second-order valence-corrected chi connectivity index (χ2v) is 10.1. The van der Waals surface area contributed by atoms with E-state index in [1.807, 2.05) is 0 Å². The van der Waals surface area contributed by atoms with Gasteiger partial charge in [-0.1, -0.05) is 19.4 Å². The van der Waals surface area contributed by atoms with Crippen LogP contribution in [0.4, 0.5) is 32.6 Å². The molecule has 2 amide bonds. The highest BCUT2D eigenvalue weighted by atomic mass is 32.5. The molecule has 17 heteroatoms. The molecular formula is C17H15F8N5O3S. The second-order valence-electron chi connectivity index (χ2n) is 7.64. The lowest BCUT2D eigenvalue weighted by atomic mass is 9.87. The molecule has 8 nitrogen and oxygen atoms in total. The summed E-state index contributed by atoms with van der Waals surface area (Å²) in [6.45, 7) is 1.59. The Morgan fingerprint density at radius 1 is 1.18 bits per heavy atom. The van der Waals surface area contributed by atoms with E-state index in [-0.39, 0.29) is 25.3 Å². The van der Waals surface area contributed by atoms with Crippen LogP contribution in [0.3, 0.4) is 0 Å². The maximum Gasteiger partial charge on any atom is 0.416 e. The Labute approximate surface area is 185 Å². The molecule has 3 rings (SSSR count). The number of hydrazine groups is 1. The number of benzene rings is 1. The van der Waals surface area contributed by atoms with E-state index in [1.54, 1.807) is 0 Å². The number of halogens is 8. The van der Waals surface area contributed by atoms with Crippen molar-refractivity contribution in [2.45, 2.75) is 18.0 Å². The summed E-state index contributed by atoms with van der Waals surface area (Å²) in [5.41, 5.74) is -3.98. The standard InChI is InChI=1S/C17H15F8N5O3S/c1-16(7-33-8-16)15(32)30(26)13(31)2-3-29-9-27-14(28-29)10-4-11(17(18,19)20)6-12(5-10)34(21,22,23,24)25/h2-6,9H,7-8,26H2,1H3/b3-2-. The number of imide groups is 1. The fourth-order valence-electron chi connectivity index (χ4n) is 2.74. The van der Waals surface area contributed by atoms with Gasteiger partial charge in [-0.3, -0.25) is 9.59 Å². The fraction of sp³-hybridized carbons (Fsp3) is 0.294. The molecule has 1 aromatic carbocycles. The zero-order valence-corrected chi connectivity index (χ0v) is 17.7. The predicted octanol–water partition coefficient (Wildman–Crippen LogP) is 4.36. The minimum Gasteiger partial charge on any atom is -0.379 e. The van der Waals surface area contributed by atoms with Gasteiger partial charge in [0, 0.05) is 17.8 Å². The number of ether oxygens (including phenoxy) is 1. The molecule has 0 bridgehead atoms. The van der Waals surface area contributed by atoms with Gasteiger partial charge < -0.3 is 4.74 Å². The quantitative estimate of drug-likeness (QED) is 0.206. The van der Waals surface area contributed by atoms with Crippen molar-refractivity contribution in [2.24, 2.45) is 11.3 Å². The molecular weight excluding hydrogens is 506 g/mol. The summed E-state index contributed by atoms with van der Waals surface area (Å²) in [6, 6.07) is -0.725. The first-order chi connectivity index (χ1) is 15.2. The zero-order valence-electron chi connectivity index (χ0n) is 16.9. The highest BCUT2D eigenvalue weighted by Crippen LogP contribution is 3.02. The number of carbonyl (C=O) groups excluding carboxylic acids is 2. The molecule has 0 spiro atoms. The third kappa shape index (κ3) is 5.36. The first-order valence-electron chi connectivity index (χ1n) is 8.97. The number of amides is 2. The zero-order chi connectivity index (χ0) is 25.8. The van der Waals surface area contributed by atoms with E-state index in [1.165, 1.54) is 6.92 Å². The third-order valence-electron chi connectivity index (χ3n) is 4.63. The van der Waals surface area contributed by atoms with E-state index >= 15 is 0 Å². The van der Waals surface area contributed by atoms with Gasteiger partial charge in [-0.25, -0.2) is 20.5 Å². The maximum absolute atomic E-state index is 13.2. The second kappa shape index (κ2) is 7.22. The summed E-state index contributed by atoms with van der Waals surface area (Å²) in [5, 5.41) is 3.86. The molecule has 1 aromatic heterocycles. The van der Waals surface area contributed by atoms with Gasteiger partial charge in [-0.15, -0.1) is 5.10 Å². The molecule has 188 valence electrons. The van der Waals surface area contributed by atoms with Crippen LogP contribution in [0.5, 0.6) is 0 Å². The minimum atomic E-state index is -10.5. The summed E-state index contributed by atoms with van der Waals surface area (Å²) in [5.74, 6) is 2.91. The number of nitrogens with zero attached hydrogens (tertiary/aromatic N) is 4. The first-order valence-corrected chi connectivity index (χ1v) is 10.9. The molecule has 0 atom stereocenters. The molecule has 1 fully saturated rings. The SMILES string of the molecule is CC1(C(=O)N(N)C(=O)/C=C\n2cnc(-c3cc(C(F)(F)F)cc(S(F)(F)(F)(F)F)c3)n2)COC1. The van der Waals surface area contributed by atoms with Crippen LogP contribution < -0.4 is 5.84 Å². The summed E-state index contributed by atoms with van der Waals surface area (Å²) < 4.78 is 110. The molecule has 34 heavy (non-hydrogen) atoms. The normalized spacial score (nSPS) is 18.2. The first kappa shape index (κ1) is 25.6. The summed E-state index contributed by atoms with van der Waals surface area (Å²) in [6.07, 6.45) is -3.01. The Morgan fingerprint density at radius 2 is 1.79 bits per heavy atom. The third-order valence-corrected chi connectivity index (χ3v) is 5.76. The number of rotatable bonds is 5. The van der Waals surface area contributed by atoms with Crippen LogP contribution >= 0.6 is 10.2 Å². The van der Waals surface area contributed by atoms with E-state index in [2.05, 4.69) is 10.1 Å². The number of carbonyl (C=O) groups is 2. The number of alkyl halides is 3. The number of hydrogen-bond acceptors (Lipinski definition) is 6. The number of nitrogens with two attached hydrogens (primary N) is 1. The van der Waals surface area contributed by atoms with Crippen molar-refractivity contribution in [2.75, 3.05) is 13.2 Å². The van der Waals surface area contributed by atoms with E-state index in [0.29, 0.717) is 9.69 Å². The van der Waals surface area contributed by atoms with Gasteiger partial charge >= 0.3 is 16.4 Å². The van der Waals surface area contributed by atoms with Gasteiger partial charge in [0.05, 0.1) is 24.2 Å². The van der Waals surface area contributed by atoms with Crippen LogP contribution in [-0.2, 0) is 20.5 Å². The Bertz CT molecular complexity index is 1190.